The van der Waals surface area contributed by atoms with Crippen LogP contribution >= 0.6 is 17.0 Å². The van der Waals surface area contributed by atoms with Crippen molar-refractivity contribution in [1.82, 2.24) is 9.13 Å². The van der Waals surface area contributed by atoms with Gasteiger partial charge < -0.3 is 14.2 Å². The van der Waals surface area contributed by atoms with Crippen LogP contribution in [0.3, 0.4) is 0 Å². The van der Waals surface area contributed by atoms with Crippen LogP contribution in [0.25, 0.3) is 11.0 Å². The first-order chi connectivity index (χ1) is 17.8. The lowest BCUT2D eigenvalue weighted by molar-refractivity contribution is 0.0971. The molecule has 0 spiro atoms. The minimum atomic E-state index is -3.68. The first-order valence-corrected chi connectivity index (χ1v) is 14.1. The number of para-hydroxylation sites is 2. The molecule has 8 nitrogen and oxygen atoms in total. The van der Waals surface area contributed by atoms with Gasteiger partial charge in [-0.3, -0.25) is 14.5 Å². The molecule has 0 amide bonds. The van der Waals surface area contributed by atoms with E-state index >= 15 is 0 Å². The van der Waals surface area contributed by atoms with Crippen LogP contribution in [0.4, 0.5) is 5.69 Å². The zero-order chi connectivity index (χ0) is 27.8. The maximum atomic E-state index is 13.7. The normalized spacial score (nSPS) is 11.8. The number of rotatable bonds is 8. The molecule has 0 aliphatic rings. The lowest BCUT2D eigenvalue weighted by atomic mass is 9.84. The smallest absolute Gasteiger partial charge is 0.234 e. The van der Waals surface area contributed by atoms with Gasteiger partial charge in [-0.1, -0.05) is 63.2 Å². The molecule has 3 aromatic carbocycles. The summed E-state index contributed by atoms with van der Waals surface area (Å²) in [6.07, 6.45) is 0. The second-order valence-electron chi connectivity index (χ2n) is 10.4. The standard InChI is InChI=1S/C29H34N4O4S.BrH/c1-6-38(36,37)31(5)25-17-21(16-22(27(25)35)29(2,3)4)26(34)19-33-24-15-11-10-14-23(24)32(28(33)30)18-20-12-8-7-9-13-20;/h7-17,30,35H,6,18-19H2,1-5H3;1H. The molecule has 1 heterocycles. The highest BCUT2D eigenvalue weighted by Gasteiger charge is 2.28. The molecule has 0 saturated carbocycles. The van der Waals surface area contributed by atoms with Crippen LogP contribution in [0, 0.1) is 5.41 Å². The number of carbonyl (C=O) groups is 1. The fourth-order valence-electron chi connectivity index (χ4n) is 4.55. The Balaban J connectivity index is 0.00000420. The number of hydrogen-bond donors (Lipinski definition) is 2. The summed E-state index contributed by atoms with van der Waals surface area (Å²) in [6.45, 7) is 7.57. The minimum absolute atomic E-state index is 0. The van der Waals surface area contributed by atoms with Gasteiger partial charge in [0.2, 0.25) is 15.6 Å². The summed E-state index contributed by atoms with van der Waals surface area (Å²) < 4.78 is 29.8. The molecule has 39 heavy (non-hydrogen) atoms. The van der Waals surface area contributed by atoms with Crippen molar-refractivity contribution in [2.45, 2.75) is 46.2 Å². The Morgan fingerprint density at radius 1 is 0.974 bits per heavy atom. The van der Waals surface area contributed by atoms with Gasteiger partial charge in [-0.25, -0.2) is 8.42 Å². The highest BCUT2D eigenvalue weighted by atomic mass is 79.9. The van der Waals surface area contributed by atoms with E-state index < -0.39 is 15.4 Å². The predicted octanol–water partition coefficient (Wildman–Crippen LogP) is 5.22. The van der Waals surface area contributed by atoms with E-state index in [1.54, 1.807) is 10.6 Å². The third kappa shape index (κ3) is 5.96. The van der Waals surface area contributed by atoms with Crippen LogP contribution in [-0.4, -0.2) is 41.2 Å². The minimum Gasteiger partial charge on any atom is -0.505 e. The summed E-state index contributed by atoms with van der Waals surface area (Å²) >= 11 is 0. The Bertz CT molecular complexity index is 1670. The number of halogens is 1. The zero-order valence-electron chi connectivity index (χ0n) is 22.8. The Morgan fingerprint density at radius 3 is 2.10 bits per heavy atom. The zero-order valence-corrected chi connectivity index (χ0v) is 25.3. The number of hydrogen-bond acceptors (Lipinski definition) is 5. The van der Waals surface area contributed by atoms with E-state index in [1.165, 1.54) is 20.0 Å². The summed E-state index contributed by atoms with van der Waals surface area (Å²) in [4.78, 5) is 13.7. The number of sulfonamides is 1. The number of aromatic hydroxyl groups is 1. The molecule has 0 radical (unpaired) electrons. The summed E-state index contributed by atoms with van der Waals surface area (Å²) in [5.41, 5.74) is 3.07. The third-order valence-corrected chi connectivity index (χ3v) is 8.56. The van der Waals surface area contributed by atoms with E-state index in [4.69, 9.17) is 5.41 Å². The summed E-state index contributed by atoms with van der Waals surface area (Å²) in [7, 11) is -2.30. The Morgan fingerprint density at radius 2 is 1.54 bits per heavy atom. The number of phenolic OH excluding ortho intramolecular Hbond substituents is 1. The molecule has 4 aromatic rings. The van der Waals surface area contributed by atoms with Crippen LogP contribution in [0.15, 0.2) is 66.7 Å². The van der Waals surface area contributed by atoms with Crippen molar-refractivity contribution in [1.29, 1.82) is 5.41 Å². The van der Waals surface area contributed by atoms with Gasteiger partial charge in [-0.05, 0) is 42.2 Å². The van der Waals surface area contributed by atoms with Crippen LogP contribution in [0.2, 0.25) is 0 Å². The van der Waals surface area contributed by atoms with Crippen LogP contribution in [0.5, 0.6) is 5.75 Å². The van der Waals surface area contributed by atoms with Crippen molar-refractivity contribution in [3.63, 3.8) is 0 Å². The number of Topliss-reactive ketones (excluding diaryl/α,β-unsaturated/α-hetero) is 1. The molecule has 1 aromatic heterocycles. The van der Waals surface area contributed by atoms with E-state index in [0.717, 1.165) is 20.9 Å². The molecule has 0 bridgehead atoms. The van der Waals surface area contributed by atoms with Crippen molar-refractivity contribution < 1.29 is 18.3 Å². The topological polar surface area (TPSA) is 108 Å². The molecule has 2 N–H and O–H groups in total. The summed E-state index contributed by atoms with van der Waals surface area (Å²) in [5, 5.41) is 19.9. The summed E-state index contributed by atoms with van der Waals surface area (Å²) in [6, 6.07) is 20.5. The van der Waals surface area contributed by atoms with Crippen molar-refractivity contribution in [2.75, 3.05) is 17.1 Å². The van der Waals surface area contributed by atoms with Crippen molar-refractivity contribution in [3.05, 3.63) is 89.0 Å². The van der Waals surface area contributed by atoms with Gasteiger partial charge in [0.1, 0.15) is 5.75 Å². The number of nitrogens with zero attached hydrogens (tertiary/aromatic N) is 3. The van der Waals surface area contributed by atoms with Gasteiger partial charge in [0, 0.05) is 18.2 Å². The Kier molecular flexibility index (Phi) is 8.82. The highest BCUT2D eigenvalue weighted by Crippen LogP contribution is 2.40. The predicted molar refractivity (Wildman–Crippen MR) is 161 cm³/mol. The van der Waals surface area contributed by atoms with E-state index in [2.05, 4.69) is 0 Å². The maximum absolute atomic E-state index is 13.7. The van der Waals surface area contributed by atoms with Crippen LogP contribution in [-0.2, 0) is 28.5 Å². The lowest BCUT2D eigenvalue weighted by Crippen LogP contribution is -2.30. The first kappa shape index (κ1) is 30.2. The maximum Gasteiger partial charge on any atom is 0.234 e. The molecule has 0 saturated heterocycles. The van der Waals surface area contributed by atoms with Crippen LogP contribution < -0.4 is 9.92 Å². The van der Waals surface area contributed by atoms with Gasteiger partial charge in [0.25, 0.3) is 0 Å². The fourth-order valence-corrected chi connectivity index (χ4v) is 5.38. The molecule has 0 aliphatic heterocycles. The number of imidazole rings is 1. The first-order valence-electron chi connectivity index (χ1n) is 12.5. The highest BCUT2D eigenvalue weighted by molar-refractivity contribution is 8.93. The summed E-state index contributed by atoms with van der Waals surface area (Å²) in [5.74, 6) is -0.604. The fraction of sp³-hybridized carbons (Fsp3) is 0.310. The van der Waals surface area contributed by atoms with Gasteiger partial charge in [0.05, 0.1) is 35.6 Å². The van der Waals surface area contributed by atoms with Crippen molar-refractivity contribution >= 4 is 49.5 Å². The molecular formula is C29H35BrN4O4S. The molecule has 0 unspecified atom stereocenters. The average Bonchev–Trinajstić information content (AvgIpc) is 3.14. The largest absolute Gasteiger partial charge is 0.505 e. The average molecular weight is 616 g/mol. The van der Waals surface area contributed by atoms with E-state index in [-0.39, 0.29) is 57.7 Å². The van der Waals surface area contributed by atoms with Crippen LogP contribution in [0.1, 0.15) is 49.2 Å². The molecule has 0 atom stereocenters. The number of nitrogens with one attached hydrogen (secondary N) is 1. The van der Waals surface area contributed by atoms with Crippen molar-refractivity contribution in [3.8, 4) is 5.75 Å². The molecule has 208 valence electrons. The Hall–Kier alpha value is -3.37. The molecule has 10 heteroatoms. The lowest BCUT2D eigenvalue weighted by Gasteiger charge is -2.27. The number of anilines is 1. The SMILES string of the molecule is Br.CCS(=O)(=O)N(C)c1cc(C(=O)Cn2c(=N)n(Cc3ccccc3)c3ccccc32)cc(C(C)(C)C)c1O. The van der Waals surface area contributed by atoms with E-state index in [1.807, 2.05) is 79.9 Å². The monoisotopic (exact) mass is 614 g/mol. The number of phenols is 1. The number of ketones is 1. The number of benzene rings is 3. The second kappa shape index (κ2) is 11.4. The molecular weight excluding hydrogens is 580 g/mol. The number of fused-ring (bicyclic) bond motifs is 1. The van der Waals surface area contributed by atoms with Gasteiger partial charge >= 0.3 is 0 Å². The van der Waals surface area contributed by atoms with Gasteiger partial charge in [0.15, 0.2) is 5.78 Å². The van der Waals surface area contributed by atoms with Gasteiger partial charge in [-0.15, -0.1) is 17.0 Å². The third-order valence-electron chi connectivity index (χ3n) is 6.80. The molecule has 0 fully saturated rings. The van der Waals surface area contributed by atoms with Gasteiger partial charge in [-0.2, -0.15) is 0 Å². The Labute approximate surface area is 239 Å². The molecule has 4 rings (SSSR count). The quantitative estimate of drug-likeness (QED) is 0.265. The van der Waals surface area contributed by atoms with Crippen molar-refractivity contribution in [2.24, 2.45) is 0 Å². The van der Waals surface area contributed by atoms with E-state index in [0.29, 0.717) is 12.1 Å². The number of aromatic nitrogens is 2. The van der Waals surface area contributed by atoms with E-state index in [9.17, 15) is 18.3 Å². The second-order valence-corrected chi connectivity index (χ2v) is 12.7. The molecule has 0 aliphatic carbocycles. The number of carbonyl (C=O) groups excluding carboxylic acids is 1.